The number of nitrogens with zero attached hydrogens (tertiary/aromatic N) is 8. The van der Waals surface area contributed by atoms with Crippen LogP contribution < -0.4 is 38.9 Å². The minimum absolute atomic E-state index is 0. The molecule has 6 aromatic heterocycles. The van der Waals surface area contributed by atoms with Crippen molar-refractivity contribution in [2.45, 2.75) is 51.2 Å². The second-order valence-electron chi connectivity index (χ2n) is 31.3. The van der Waals surface area contributed by atoms with Gasteiger partial charge in [-0.25, -0.2) is 13.7 Å². The summed E-state index contributed by atoms with van der Waals surface area (Å²) in [6.45, 7) is 13.8. The Morgan fingerprint density at radius 2 is 0.628 bits per heavy atom. The maximum Gasteiger partial charge on any atom is 0.347 e. The molecule has 1 atom stereocenters. The SMILES string of the molecule is Br.Br.Br.CCOP(=O)(CC[n+]1ccc(-c2cc[n+](-c3ccc(C4(c5ccc(-[n+]6ccc(-c7cc[n+](CCP(C)(C)=O)cc7)cc6)cc5)c5ccccc5-c5ccccc54)cc3)cc2)cc1)OCC.CCOP(C)(=O)CC[n+]1ccc(-c2cc[n+](-c3ccc([N+](=O)[O-])cc3[N+](=O)[O-])cc2)cc1.Cl.Cl.Nc1ccc(C2(c3ccc(N)cc3)c3ccccc3-c3ccccc32)cc1. The molecule has 0 bridgehead atoms. The number of rotatable bonds is 27. The monoisotopic (exact) mass is 2020 g/mol. The molecular weight excluding hydrogens is 1920 g/mol. The van der Waals surface area contributed by atoms with Crippen molar-refractivity contribution >= 4 is 121 Å². The number of aromatic nitrogens is 6. The molecule has 9 aromatic carbocycles. The van der Waals surface area contributed by atoms with E-state index in [0.29, 0.717) is 51.4 Å². The second-order valence-corrected chi connectivity index (χ2v) is 39.8. The summed E-state index contributed by atoms with van der Waals surface area (Å²) in [7, 11) is -7.75. The normalized spacial score (nSPS) is 12.6. The predicted molar refractivity (Wildman–Crippen MR) is 533 cm³/mol. The van der Waals surface area contributed by atoms with Gasteiger partial charge in [-0.3, -0.25) is 29.4 Å². The standard InChI is InChI=1S/C55H56N4O4P2.C25H20N2.C21H23N4O6P.3BrH.2ClH/c1-5-62-65(61,63-6-2)42-40-57-33-25-44(26-34-57)46-29-37-59(38-30-46)50-21-17-48(18-22-50)55(53-13-9-7-11-51(53)52-12-8-10-14-54(52)55)47-15-19-49(20-16-47)58-35-27-45(28-36-58)43-23-31-56(32-24-43)39-41-64(3,4)60;26-19-13-9-17(10-14-19)25(18-11-15-20(27)16-12-18)23-7-3-1-5-21(23)22-6-2-4-8-24(22)25;1-3-31-32(2,30)15-14-22-10-6-17(7-11-22)18-8-12-23(13-9-18)20-5-4-19(24(26)27)16-21(20)25(28)29;;;;;/h7-38H,5-6,39-42H2,1-4H3;1-16H,26-27H2;4-13,16H,3,14-15H2,1-2H3;5*1H/q+4;;+2;;;;;. The van der Waals surface area contributed by atoms with Gasteiger partial charge in [-0.1, -0.05) is 146 Å². The fourth-order valence-corrected chi connectivity index (χ4v) is 20.4. The topological polar surface area (TPSA) is 241 Å². The molecule has 4 N–H and O–H groups in total. The summed E-state index contributed by atoms with van der Waals surface area (Å²) in [5.41, 5.74) is 35.7. The number of non-ortho nitro benzene ring substituents is 1. The van der Waals surface area contributed by atoms with Crippen LogP contribution in [0.15, 0.2) is 359 Å². The fourth-order valence-electron chi connectivity index (χ4n) is 16.8. The van der Waals surface area contributed by atoms with E-state index in [1.54, 1.807) is 35.8 Å². The first-order chi connectivity index (χ1) is 60.0. The van der Waals surface area contributed by atoms with Crippen LogP contribution in [0.5, 0.6) is 0 Å². The largest absolute Gasteiger partial charge is 0.399 e. The Balaban J connectivity index is 0.000000225. The molecule has 20 nitrogen and oxygen atoms in total. The number of aryl methyl sites for hydroxylation is 3. The Bertz CT molecular complexity index is 6370. The third kappa shape index (κ3) is 22.1. The van der Waals surface area contributed by atoms with Gasteiger partial charge in [0.25, 0.3) is 11.4 Å². The van der Waals surface area contributed by atoms with E-state index in [0.717, 1.165) is 68.7 Å². The highest BCUT2D eigenvalue weighted by atomic mass is 79.9. The molecule has 2 aliphatic carbocycles. The van der Waals surface area contributed by atoms with Crippen molar-refractivity contribution in [1.29, 1.82) is 0 Å². The molecule has 17 rings (SSSR count). The van der Waals surface area contributed by atoms with Gasteiger partial charge >= 0.3 is 13.3 Å². The average Bonchev–Trinajstić information content (AvgIpc) is 1.55. The molecule has 1 unspecified atom stereocenters. The first-order valence-corrected chi connectivity index (χ1v) is 48.2. The van der Waals surface area contributed by atoms with Gasteiger partial charge in [0.15, 0.2) is 94.0 Å². The van der Waals surface area contributed by atoms with Crippen molar-refractivity contribution in [2.75, 3.05) is 69.8 Å². The number of halogens is 5. The van der Waals surface area contributed by atoms with Crippen LogP contribution in [-0.4, -0.2) is 68.1 Å². The Hall–Kier alpha value is -11.1. The van der Waals surface area contributed by atoms with Crippen LogP contribution in [0.25, 0.3) is 72.7 Å². The zero-order valence-corrected chi connectivity index (χ0v) is 81.6. The third-order valence-corrected chi connectivity index (χ3v) is 28.1. The lowest BCUT2D eigenvalue weighted by molar-refractivity contribution is -0.692. The number of nitrogen functional groups attached to an aromatic ring is 2. The van der Waals surface area contributed by atoms with Gasteiger partial charge in [-0.05, 0) is 159 Å². The molecule has 0 fully saturated rings. The Morgan fingerprint density at radius 1 is 0.341 bits per heavy atom. The van der Waals surface area contributed by atoms with E-state index >= 15 is 0 Å². The van der Waals surface area contributed by atoms with Gasteiger partial charge in [0.2, 0.25) is 18.7 Å². The molecule has 0 saturated carbocycles. The van der Waals surface area contributed by atoms with E-state index in [1.807, 2.05) is 104 Å². The minimum atomic E-state index is -3.10. The lowest BCUT2D eigenvalue weighted by Gasteiger charge is -2.34. The average molecular weight is 2020 g/mol. The summed E-state index contributed by atoms with van der Waals surface area (Å²) < 4.78 is 65.6. The Kier molecular flexibility index (Phi) is 34.1. The van der Waals surface area contributed by atoms with Gasteiger partial charge in [-0.15, -0.1) is 75.8 Å². The molecule has 0 amide bonds. The molecule has 2 aliphatic rings. The van der Waals surface area contributed by atoms with Crippen LogP contribution in [0.1, 0.15) is 65.3 Å². The maximum atomic E-state index is 13.0. The summed E-state index contributed by atoms with van der Waals surface area (Å²) in [5.74, 6) is 0. The summed E-state index contributed by atoms with van der Waals surface area (Å²) in [6, 6.07) is 97.7. The van der Waals surface area contributed by atoms with E-state index in [-0.39, 0.29) is 98.2 Å². The highest BCUT2D eigenvalue weighted by Gasteiger charge is 2.48. The molecule has 6 heterocycles. The molecule has 129 heavy (non-hydrogen) atoms. The second kappa shape index (κ2) is 44.0. The van der Waals surface area contributed by atoms with Crippen molar-refractivity contribution in [1.82, 2.24) is 0 Å². The highest BCUT2D eigenvalue weighted by molar-refractivity contribution is 8.93. The van der Waals surface area contributed by atoms with Crippen LogP contribution in [0.2, 0.25) is 0 Å². The fraction of sp³-hybridized carbons (Fsp3) is 0.168. The number of fused-ring (bicyclic) bond motifs is 6. The number of nitro benzene ring substituents is 2. The highest BCUT2D eigenvalue weighted by Crippen LogP contribution is 2.58. The molecule has 0 saturated heterocycles. The molecule has 0 aliphatic heterocycles. The van der Waals surface area contributed by atoms with Gasteiger partial charge in [0.05, 0.1) is 60.0 Å². The van der Waals surface area contributed by atoms with E-state index in [9.17, 15) is 33.9 Å². The molecular formula is C101H104Br3Cl2N10O10P3+6. The van der Waals surface area contributed by atoms with E-state index in [4.69, 9.17) is 25.0 Å². The predicted octanol–water partition coefficient (Wildman–Crippen LogP) is 21.9. The first-order valence-electron chi connectivity index (χ1n) is 41.4. The lowest BCUT2D eigenvalue weighted by atomic mass is 9.67. The van der Waals surface area contributed by atoms with Gasteiger partial charge < -0.3 is 29.6 Å². The quantitative estimate of drug-likeness (QED) is 0.0161. The lowest BCUT2D eigenvalue weighted by Crippen LogP contribution is -2.34. The van der Waals surface area contributed by atoms with Crippen molar-refractivity contribution in [3.63, 3.8) is 0 Å². The number of hydrogen-bond acceptors (Lipinski definition) is 12. The van der Waals surface area contributed by atoms with E-state index in [1.165, 1.54) is 78.9 Å². The van der Waals surface area contributed by atoms with E-state index in [2.05, 4.69) is 269 Å². The smallest absolute Gasteiger partial charge is 0.347 e. The number of anilines is 2. The number of nitrogens with two attached hydrogens (primary N) is 2. The van der Waals surface area contributed by atoms with Crippen molar-refractivity contribution in [3.8, 4) is 72.7 Å². The molecule has 0 radical (unpaired) electrons. The Labute approximate surface area is 796 Å². The zero-order valence-electron chi connectivity index (χ0n) is 72.1. The molecule has 28 heteroatoms. The van der Waals surface area contributed by atoms with Gasteiger partial charge in [0.1, 0.15) is 12.2 Å². The van der Waals surface area contributed by atoms with Crippen LogP contribution >= 0.6 is 97.9 Å². The first kappa shape index (κ1) is 100. The number of pyridine rings is 6. The summed E-state index contributed by atoms with van der Waals surface area (Å²) in [5, 5.41) is 22.3. The van der Waals surface area contributed by atoms with Crippen LogP contribution in [0, 0.1) is 20.2 Å². The number of nitro groups is 2. The van der Waals surface area contributed by atoms with Crippen molar-refractivity contribution in [3.05, 3.63) is 424 Å². The maximum absolute atomic E-state index is 13.0. The molecule has 662 valence electrons. The number of benzene rings is 9. The summed E-state index contributed by atoms with van der Waals surface area (Å²) in [4.78, 5) is 21.0. The number of hydrogen-bond donors (Lipinski definition) is 2. The van der Waals surface area contributed by atoms with Crippen molar-refractivity contribution < 1.29 is 64.5 Å². The molecule has 15 aromatic rings. The minimum Gasteiger partial charge on any atom is -0.399 e. The third-order valence-electron chi connectivity index (χ3n) is 22.9. The zero-order chi connectivity index (χ0) is 86.8. The van der Waals surface area contributed by atoms with Crippen LogP contribution in [-0.2, 0) is 57.7 Å². The molecule has 0 spiro atoms. The van der Waals surface area contributed by atoms with Gasteiger partial charge in [-0.2, -0.15) is 13.7 Å². The van der Waals surface area contributed by atoms with Gasteiger partial charge in [0, 0.05) is 127 Å². The van der Waals surface area contributed by atoms with Crippen LogP contribution in [0.3, 0.4) is 0 Å². The van der Waals surface area contributed by atoms with Crippen LogP contribution in [0.4, 0.5) is 22.7 Å². The van der Waals surface area contributed by atoms with E-state index < -0.39 is 37.4 Å². The van der Waals surface area contributed by atoms with Crippen molar-refractivity contribution in [2.24, 2.45) is 0 Å². The summed E-state index contributed by atoms with van der Waals surface area (Å²) >= 11 is 0. The Morgan fingerprint density at radius 3 is 0.930 bits per heavy atom. The summed E-state index contributed by atoms with van der Waals surface area (Å²) in [6.07, 6.45) is 25.2.